The molecule has 0 spiro atoms. The number of nitrogens with zero attached hydrogens (tertiary/aromatic N) is 1. The Labute approximate surface area is 109 Å². The summed E-state index contributed by atoms with van der Waals surface area (Å²) in [6, 6.07) is -0.185. The predicted molar refractivity (Wildman–Crippen MR) is 69.4 cm³/mol. The first-order valence-corrected chi connectivity index (χ1v) is 6.71. The first-order chi connectivity index (χ1) is 8.43. The first kappa shape index (κ1) is 14.8. The number of hydrogen-bond acceptors (Lipinski definition) is 2. The molecule has 1 fully saturated rings. The number of urea groups is 1. The highest BCUT2D eigenvalue weighted by Gasteiger charge is 2.28. The number of carbonyl (C=O) groups is 2. The number of carboxylic acids is 1. The van der Waals surface area contributed by atoms with Crippen LogP contribution in [0, 0.1) is 11.8 Å². The Balaban J connectivity index is 2.49. The minimum Gasteiger partial charge on any atom is -0.480 e. The number of nitrogens with one attached hydrogen (secondary N) is 1. The van der Waals surface area contributed by atoms with Crippen molar-refractivity contribution in [2.24, 2.45) is 11.8 Å². The van der Waals surface area contributed by atoms with Gasteiger partial charge in [-0.25, -0.2) is 4.79 Å². The van der Waals surface area contributed by atoms with E-state index >= 15 is 0 Å². The van der Waals surface area contributed by atoms with Crippen molar-refractivity contribution in [3.05, 3.63) is 0 Å². The molecule has 2 atom stereocenters. The Kier molecular flexibility index (Phi) is 5.44. The van der Waals surface area contributed by atoms with Crippen LogP contribution in [-0.2, 0) is 4.79 Å². The van der Waals surface area contributed by atoms with Crippen molar-refractivity contribution >= 4 is 12.0 Å². The van der Waals surface area contributed by atoms with Crippen LogP contribution in [-0.4, -0.2) is 41.1 Å². The van der Waals surface area contributed by atoms with Crippen LogP contribution in [0.4, 0.5) is 4.79 Å². The highest BCUT2D eigenvalue weighted by atomic mass is 16.4. The van der Waals surface area contributed by atoms with Crippen LogP contribution in [0.25, 0.3) is 0 Å². The molecule has 0 aromatic heterocycles. The van der Waals surface area contributed by atoms with Crippen molar-refractivity contribution in [3.8, 4) is 0 Å². The smallest absolute Gasteiger partial charge is 0.323 e. The van der Waals surface area contributed by atoms with E-state index in [0.29, 0.717) is 18.4 Å². The Hall–Kier alpha value is -1.26. The molecule has 1 aliphatic carbocycles. The van der Waals surface area contributed by atoms with Gasteiger partial charge < -0.3 is 15.3 Å². The molecule has 0 aromatic rings. The molecule has 5 heteroatoms. The van der Waals surface area contributed by atoms with Crippen LogP contribution >= 0.6 is 0 Å². The summed E-state index contributed by atoms with van der Waals surface area (Å²) in [7, 11) is 0. The molecule has 0 bridgehead atoms. The lowest BCUT2D eigenvalue weighted by Gasteiger charge is -2.26. The average molecular weight is 256 g/mol. The SMILES string of the molecule is CCC(C)C(C)NC(=O)N(CC(=O)O)CC1CC1. The number of carbonyl (C=O) groups excluding carboxylic acids is 1. The van der Waals surface area contributed by atoms with Crippen LogP contribution in [0.5, 0.6) is 0 Å². The second kappa shape index (κ2) is 6.61. The molecular formula is C13H24N2O3. The maximum Gasteiger partial charge on any atom is 0.323 e. The number of hydrogen-bond donors (Lipinski definition) is 2. The third-order valence-corrected chi connectivity index (χ3v) is 3.64. The fraction of sp³-hybridized carbons (Fsp3) is 0.846. The molecule has 1 rings (SSSR count). The summed E-state index contributed by atoms with van der Waals surface area (Å²) < 4.78 is 0. The van der Waals surface area contributed by atoms with Crippen LogP contribution in [0.2, 0.25) is 0 Å². The summed E-state index contributed by atoms with van der Waals surface area (Å²) in [5.74, 6) is -0.0717. The Morgan fingerprint density at radius 3 is 2.44 bits per heavy atom. The van der Waals surface area contributed by atoms with Crippen molar-refractivity contribution in [3.63, 3.8) is 0 Å². The van der Waals surface area contributed by atoms with Gasteiger partial charge in [0.2, 0.25) is 0 Å². The summed E-state index contributed by atoms with van der Waals surface area (Å²) in [5, 5.41) is 11.7. The lowest BCUT2D eigenvalue weighted by atomic mass is 10.0. The van der Waals surface area contributed by atoms with E-state index < -0.39 is 5.97 Å². The summed E-state index contributed by atoms with van der Waals surface area (Å²) >= 11 is 0. The van der Waals surface area contributed by atoms with Crippen molar-refractivity contribution in [2.45, 2.75) is 46.1 Å². The van der Waals surface area contributed by atoms with E-state index in [2.05, 4.69) is 19.2 Å². The van der Waals surface area contributed by atoms with Crippen molar-refractivity contribution in [1.29, 1.82) is 0 Å². The topological polar surface area (TPSA) is 69.6 Å². The molecule has 2 amide bonds. The monoisotopic (exact) mass is 256 g/mol. The van der Waals surface area contributed by atoms with E-state index in [0.717, 1.165) is 19.3 Å². The van der Waals surface area contributed by atoms with Crippen molar-refractivity contribution < 1.29 is 14.7 Å². The second-order valence-corrected chi connectivity index (χ2v) is 5.34. The fourth-order valence-corrected chi connectivity index (χ4v) is 1.78. The fourth-order valence-electron chi connectivity index (χ4n) is 1.78. The quantitative estimate of drug-likeness (QED) is 0.731. The summed E-state index contributed by atoms with van der Waals surface area (Å²) in [5.41, 5.74) is 0. The average Bonchev–Trinajstić information content (AvgIpc) is 3.10. The minimum atomic E-state index is -0.956. The number of aliphatic carboxylic acids is 1. The molecule has 104 valence electrons. The zero-order valence-electron chi connectivity index (χ0n) is 11.5. The van der Waals surface area contributed by atoms with Crippen LogP contribution in [0.15, 0.2) is 0 Å². The molecule has 2 unspecified atom stereocenters. The van der Waals surface area contributed by atoms with Gasteiger partial charge in [-0.1, -0.05) is 20.3 Å². The first-order valence-electron chi connectivity index (χ1n) is 6.71. The molecule has 0 aromatic carbocycles. The van der Waals surface area contributed by atoms with Crippen LogP contribution in [0.1, 0.15) is 40.0 Å². The summed E-state index contributed by atoms with van der Waals surface area (Å²) in [6.07, 6.45) is 3.19. The van der Waals surface area contributed by atoms with E-state index in [1.807, 2.05) is 6.92 Å². The van der Waals surface area contributed by atoms with Gasteiger partial charge in [0.15, 0.2) is 0 Å². The van der Waals surface area contributed by atoms with Gasteiger partial charge in [0.05, 0.1) is 0 Å². The molecule has 18 heavy (non-hydrogen) atoms. The van der Waals surface area contributed by atoms with E-state index in [4.69, 9.17) is 5.11 Å². The van der Waals surface area contributed by atoms with Crippen LogP contribution < -0.4 is 5.32 Å². The normalized spacial score (nSPS) is 17.9. The Morgan fingerprint density at radius 2 is 2.00 bits per heavy atom. The third kappa shape index (κ3) is 4.94. The third-order valence-electron chi connectivity index (χ3n) is 3.64. The molecule has 2 N–H and O–H groups in total. The van der Waals surface area contributed by atoms with E-state index in [1.54, 1.807) is 0 Å². The molecule has 1 saturated carbocycles. The molecule has 0 radical (unpaired) electrons. The van der Waals surface area contributed by atoms with Gasteiger partial charge in [-0.05, 0) is 31.6 Å². The summed E-state index contributed by atoms with van der Waals surface area (Å²) in [6.45, 7) is 6.46. The van der Waals surface area contributed by atoms with E-state index in [9.17, 15) is 9.59 Å². The Bertz CT molecular complexity index is 303. The number of amides is 2. The van der Waals surface area contributed by atoms with Gasteiger partial charge in [-0.3, -0.25) is 4.79 Å². The Morgan fingerprint density at radius 1 is 1.39 bits per heavy atom. The molecule has 0 heterocycles. The minimum absolute atomic E-state index is 0.0676. The van der Waals surface area contributed by atoms with Gasteiger partial charge in [-0.2, -0.15) is 0 Å². The molecule has 1 aliphatic rings. The lowest BCUT2D eigenvalue weighted by Crippen LogP contribution is -2.48. The van der Waals surface area contributed by atoms with Crippen molar-refractivity contribution in [2.75, 3.05) is 13.1 Å². The molecular weight excluding hydrogens is 232 g/mol. The summed E-state index contributed by atoms with van der Waals surface area (Å²) in [4.78, 5) is 24.2. The zero-order chi connectivity index (χ0) is 13.7. The largest absolute Gasteiger partial charge is 0.480 e. The predicted octanol–water partition coefficient (Wildman–Crippen LogP) is 1.93. The standard InChI is InChI=1S/C13H24N2O3/c1-4-9(2)10(3)14-13(18)15(8-12(16)17)7-11-5-6-11/h9-11H,4-8H2,1-3H3,(H,14,18)(H,16,17). The van der Waals surface area contributed by atoms with Gasteiger partial charge in [0, 0.05) is 12.6 Å². The number of carboxylic acid groups (broad SMARTS) is 1. The van der Waals surface area contributed by atoms with Gasteiger partial charge in [0.1, 0.15) is 6.54 Å². The number of rotatable bonds is 7. The second-order valence-electron chi connectivity index (χ2n) is 5.34. The van der Waals surface area contributed by atoms with Gasteiger partial charge >= 0.3 is 12.0 Å². The molecule has 0 saturated heterocycles. The van der Waals surface area contributed by atoms with E-state index in [1.165, 1.54) is 4.90 Å². The van der Waals surface area contributed by atoms with E-state index in [-0.39, 0.29) is 18.6 Å². The van der Waals surface area contributed by atoms with Crippen molar-refractivity contribution in [1.82, 2.24) is 10.2 Å². The van der Waals surface area contributed by atoms with Gasteiger partial charge in [-0.15, -0.1) is 0 Å². The maximum absolute atomic E-state index is 12.0. The van der Waals surface area contributed by atoms with Gasteiger partial charge in [0.25, 0.3) is 0 Å². The highest BCUT2D eigenvalue weighted by Crippen LogP contribution is 2.29. The zero-order valence-corrected chi connectivity index (χ0v) is 11.5. The lowest BCUT2D eigenvalue weighted by molar-refractivity contribution is -0.137. The maximum atomic E-state index is 12.0. The van der Waals surface area contributed by atoms with Crippen LogP contribution in [0.3, 0.4) is 0 Å². The highest BCUT2D eigenvalue weighted by molar-refractivity contribution is 5.80. The molecule has 5 nitrogen and oxygen atoms in total. The molecule has 0 aliphatic heterocycles.